The van der Waals surface area contributed by atoms with Gasteiger partial charge in [0.05, 0.1) is 6.10 Å². The molecular formula is C14H23NOS. The largest absolute Gasteiger partial charge is 0.378 e. The first-order valence-corrected chi connectivity index (χ1v) is 7.60. The van der Waals surface area contributed by atoms with E-state index in [1.807, 2.05) is 11.3 Å². The van der Waals surface area contributed by atoms with E-state index >= 15 is 0 Å². The van der Waals surface area contributed by atoms with Crippen molar-refractivity contribution in [1.29, 1.82) is 0 Å². The fourth-order valence-electron chi connectivity index (χ4n) is 2.83. The summed E-state index contributed by atoms with van der Waals surface area (Å²) in [5, 5.41) is 5.82. The molecule has 1 aliphatic rings. The predicted octanol–water partition coefficient (Wildman–Crippen LogP) is 3.08. The van der Waals surface area contributed by atoms with Crippen LogP contribution in [0.2, 0.25) is 0 Å². The van der Waals surface area contributed by atoms with Crippen molar-refractivity contribution >= 4 is 11.3 Å². The van der Waals surface area contributed by atoms with Gasteiger partial charge >= 0.3 is 0 Å². The molecule has 96 valence electrons. The molecule has 2 nitrogen and oxygen atoms in total. The second-order valence-electron chi connectivity index (χ2n) is 4.72. The van der Waals surface area contributed by atoms with Crippen molar-refractivity contribution in [1.82, 2.24) is 5.32 Å². The molecular weight excluding hydrogens is 230 g/mol. The highest BCUT2D eigenvalue weighted by Gasteiger charge is 2.33. The van der Waals surface area contributed by atoms with E-state index in [0.29, 0.717) is 18.1 Å². The van der Waals surface area contributed by atoms with Gasteiger partial charge in [-0.3, -0.25) is 0 Å². The van der Waals surface area contributed by atoms with Gasteiger partial charge in [-0.2, -0.15) is 0 Å². The van der Waals surface area contributed by atoms with Crippen molar-refractivity contribution in [2.24, 2.45) is 5.92 Å². The smallest absolute Gasteiger partial charge is 0.0616 e. The van der Waals surface area contributed by atoms with E-state index in [0.717, 1.165) is 26.0 Å². The van der Waals surface area contributed by atoms with Gasteiger partial charge in [0.2, 0.25) is 0 Å². The Balaban J connectivity index is 2.00. The molecule has 3 unspecified atom stereocenters. The van der Waals surface area contributed by atoms with Crippen molar-refractivity contribution < 1.29 is 4.74 Å². The topological polar surface area (TPSA) is 21.3 Å². The van der Waals surface area contributed by atoms with Crippen LogP contribution in [-0.4, -0.2) is 25.3 Å². The Labute approximate surface area is 108 Å². The summed E-state index contributed by atoms with van der Waals surface area (Å²) in [6, 6.07) is 4.96. The van der Waals surface area contributed by atoms with E-state index < -0.39 is 0 Å². The molecule has 1 aromatic rings. The summed E-state index contributed by atoms with van der Waals surface area (Å²) in [5.41, 5.74) is 0. The number of nitrogens with one attached hydrogen (secondary N) is 1. The first kappa shape index (κ1) is 13.1. The zero-order valence-electron chi connectivity index (χ0n) is 10.8. The highest BCUT2D eigenvalue weighted by atomic mass is 32.1. The van der Waals surface area contributed by atoms with Crippen molar-refractivity contribution in [3.63, 3.8) is 0 Å². The van der Waals surface area contributed by atoms with Gasteiger partial charge in [-0.25, -0.2) is 0 Å². The maximum absolute atomic E-state index is 5.82. The Morgan fingerprint density at radius 1 is 1.53 bits per heavy atom. The minimum atomic E-state index is 0.457. The average molecular weight is 253 g/mol. The van der Waals surface area contributed by atoms with E-state index in [2.05, 4.69) is 36.7 Å². The lowest BCUT2D eigenvalue weighted by Gasteiger charge is -2.27. The van der Waals surface area contributed by atoms with Crippen LogP contribution in [0.25, 0.3) is 0 Å². The predicted molar refractivity (Wildman–Crippen MR) is 73.6 cm³/mol. The standard InChI is InChI=1S/C14H23NOS/c1-3-14-12(7-8-16-14)13(15-4-2)10-11-6-5-9-17-11/h5-6,9,12-15H,3-4,7-8,10H2,1-2H3. The number of thiophene rings is 1. The molecule has 0 saturated carbocycles. The van der Waals surface area contributed by atoms with E-state index in [4.69, 9.17) is 4.74 Å². The van der Waals surface area contributed by atoms with Gasteiger partial charge in [-0.05, 0) is 37.3 Å². The summed E-state index contributed by atoms with van der Waals surface area (Å²) in [6.45, 7) is 6.41. The van der Waals surface area contributed by atoms with Crippen LogP contribution >= 0.6 is 11.3 Å². The van der Waals surface area contributed by atoms with Crippen molar-refractivity contribution in [3.8, 4) is 0 Å². The summed E-state index contributed by atoms with van der Waals surface area (Å²) < 4.78 is 5.82. The van der Waals surface area contributed by atoms with Crippen LogP contribution in [-0.2, 0) is 11.2 Å². The average Bonchev–Trinajstić information content (AvgIpc) is 2.98. The quantitative estimate of drug-likeness (QED) is 0.841. The zero-order chi connectivity index (χ0) is 12.1. The minimum absolute atomic E-state index is 0.457. The fraction of sp³-hybridized carbons (Fsp3) is 0.714. The third kappa shape index (κ3) is 3.30. The molecule has 0 aromatic carbocycles. The van der Waals surface area contributed by atoms with Crippen LogP contribution in [0, 0.1) is 5.92 Å². The second kappa shape index (κ2) is 6.53. The van der Waals surface area contributed by atoms with Crippen LogP contribution < -0.4 is 5.32 Å². The van der Waals surface area contributed by atoms with Gasteiger partial charge in [0.25, 0.3) is 0 Å². The van der Waals surface area contributed by atoms with Gasteiger partial charge in [-0.1, -0.05) is 19.9 Å². The van der Waals surface area contributed by atoms with Crippen LogP contribution in [0.5, 0.6) is 0 Å². The summed E-state index contributed by atoms with van der Waals surface area (Å²) >= 11 is 1.86. The summed E-state index contributed by atoms with van der Waals surface area (Å²) in [6.07, 6.45) is 3.95. The molecule has 1 aromatic heterocycles. The summed E-state index contributed by atoms with van der Waals surface area (Å²) in [4.78, 5) is 1.48. The molecule has 0 spiro atoms. The van der Waals surface area contributed by atoms with Crippen LogP contribution in [0.1, 0.15) is 31.6 Å². The van der Waals surface area contributed by atoms with E-state index in [1.165, 1.54) is 11.3 Å². The highest BCUT2D eigenvalue weighted by Crippen LogP contribution is 2.28. The number of hydrogen-bond acceptors (Lipinski definition) is 3. The van der Waals surface area contributed by atoms with Gasteiger partial charge in [0, 0.05) is 23.4 Å². The van der Waals surface area contributed by atoms with Gasteiger partial charge < -0.3 is 10.1 Å². The van der Waals surface area contributed by atoms with Gasteiger partial charge in [-0.15, -0.1) is 11.3 Å². The molecule has 3 atom stereocenters. The molecule has 0 amide bonds. The molecule has 0 aliphatic carbocycles. The Morgan fingerprint density at radius 3 is 3.06 bits per heavy atom. The first-order valence-electron chi connectivity index (χ1n) is 6.72. The van der Waals surface area contributed by atoms with Crippen LogP contribution in [0.4, 0.5) is 0 Å². The van der Waals surface area contributed by atoms with E-state index in [1.54, 1.807) is 0 Å². The van der Waals surface area contributed by atoms with Crippen molar-refractivity contribution in [2.45, 2.75) is 45.3 Å². The van der Waals surface area contributed by atoms with Crippen molar-refractivity contribution in [3.05, 3.63) is 22.4 Å². The van der Waals surface area contributed by atoms with E-state index in [-0.39, 0.29) is 0 Å². The first-order chi connectivity index (χ1) is 8.35. The lowest BCUT2D eigenvalue weighted by molar-refractivity contribution is 0.0777. The molecule has 2 rings (SSSR count). The lowest BCUT2D eigenvalue weighted by Crippen LogP contribution is -2.41. The third-order valence-electron chi connectivity index (χ3n) is 3.65. The fourth-order valence-corrected chi connectivity index (χ4v) is 3.59. The van der Waals surface area contributed by atoms with Gasteiger partial charge in [0.15, 0.2) is 0 Å². The molecule has 17 heavy (non-hydrogen) atoms. The molecule has 0 bridgehead atoms. The molecule has 1 saturated heterocycles. The number of rotatable bonds is 6. The van der Waals surface area contributed by atoms with Crippen LogP contribution in [0.15, 0.2) is 17.5 Å². The minimum Gasteiger partial charge on any atom is -0.378 e. The molecule has 1 aliphatic heterocycles. The summed E-state index contributed by atoms with van der Waals surface area (Å²) in [7, 11) is 0. The Hall–Kier alpha value is -0.380. The highest BCUT2D eigenvalue weighted by molar-refractivity contribution is 7.09. The number of ether oxygens (including phenoxy) is 1. The molecule has 2 heterocycles. The second-order valence-corrected chi connectivity index (χ2v) is 5.75. The normalized spacial score (nSPS) is 26.2. The maximum atomic E-state index is 5.82. The molecule has 0 radical (unpaired) electrons. The monoisotopic (exact) mass is 253 g/mol. The number of likely N-dealkylation sites (N-methyl/N-ethyl adjacent to an activating group) is 1. The maximum Gasteiger partial charge on any atom is 0.0616 e. The molecule has 1 fully saturated rings. The Bertz CT molecular complexity index is 312. The van der Waals surface area contributed by atoms with Gasteiger partial charge in [0.1, 0.15) is 0 Å². The van der Waals surface area contributed by atoms with Crippen molar-refractivity contribution in [2.75, 3.05) is 13.2 Å². The Morgan fingerprint density at radius 2 is 2.41 bits per heavy atom. The molecule has 3 heteroatoms. The SMILES string of the molecule is CCNC(Cc1cccs1)C1CCOC1CC. The molecule has 1 N–H and O–H groups in total. The summed E-state index contributed by atoms with van der Waals surface area (Å²) in [5.74, 6) is 0.682. The zero-order valence-corrected chi connectivity index (χ0v) is 11.6. The Kier molecular flexibility index (Phi) is 5.01. The lowest BCUT2D eigenvalue weighted by atomic mass is 9.89. The van der Waals surface area contributed by atoms with E-state index in [9.17, 15) is 0 Å². The van der Waals surface area contributed by atoms with Crippen LogP contribution in [0.3, 0.4) is 0 Å². The third-order valence-corrected chi connectivity index (χ3v) is 4.55. The number of hydrogen-bond donors (Lipinski definition) is 1.